The van der Waals surface area contributed by atoms with E-state index in [1.165, 1.54) is 34.0 Å². The molecule has 4 rings (SSSR count). The van der Waals surface area contributed by atoms with Gasteiger partial charge in [0.05, 0.1) is 5.75 Å². The molecule has 0 saturated carbocycles. The highest BCUT2D eigenvalue weighted by atomic mass is 32.2. The Balaban J connectivity index is 1.37. The Bertz CT molecular complexity index is 983. The van der Waals surface area contributed by atoms with Crippen LogP contribution in [0.15, 0.2) is 52.1 Å². The SMILES string of the molecule is Cc1ccc(-c2nnc(SCC(=O)N3CCc4ccccc4C3)o2)cc1C. The number of hydrogen-bond donors (Lipinski definition) is 0. The maximum absolute atomic E-state index is 12.6. The first kappa shape index (κ1) is 17.8. The van der Waals surface area contributed by atoms with Gasteiger partial charge in [0.1, 0.15) is 0 Å². The van der Waals surface area contributed by atoms with Crippen molar-refractivity contribution < 1.29 is 9.21 Å². The number of amides is 1. The van der Waals surface area contributed by atoms with E-state index in [0.717, 1.165) is 18.5 Å². The van der Waals surface area contributed by atoms with E-state index in [2.05, 4.69) is 42.2 Å². The number of hydrogen-bond acceptors (Lipinski definition) is 5. The minimum atomic E-state index is 0.0976. The molecule has 0 atom stereocenters. The van der Waals surface area contributed by atoms with Gasteiger partial charge in [0.2, 0.25) is 11.8 Å². The van der Waals surface area contributed by atoms with Crippen molar-refractivity contribution >= 4 is 17.7 Å². The molecule has 1 aliphatic rings. The van der Waals surface area contributed by atoms with Crippen LogP contribution in [0.5, 0.6) is 0 Å². The fourth-order valence-corrected chi connectivity index (χ4v) is 3.85. The van der Waals surface area contributed by atoms with Crippen LogP contribution < -0.4 is 0 Å². The minimum Gasteiger partial charge on any atom is -0.411 e. The van der Waals surface area contributed by atoms with Crippen LogP contribution in [0.4, 0.5) is 0 Å². The molecule has 3 aromatic rings. The maximum Gasteiger partial charge on any atom is 0.277 e. The first-order valence-corrected chi connectivity index (χ1v) is 9.97. The summed E-state index contributed by atoms with van der Waals surface area (Å²) < 4.78 is 5.73. The second-order valence-corrected chi connectivity index (χ2v) is 7.72. The van der Waals surface area contributed by atoms with Gasteiger partial charge in [0, 0.05) is 18.7 Å². The smallest absolute Gasteiger partial charge is 0.277 e. The van der Waals surface area contributed by atoms with Crippen molar-refractivity contribution in [2.45, 2.75) is 32.0 Å². The van der Waals surface area contributed by atoms with Gasteiger partial charge in [-0.2, -0.15) is 0 Å². The van der Waals surface area contributed by atoms with E-state index in [9.17, 15) is 4.79 Å². The Morgan fingerprint density at radius 2 is 1.93 bits per heavy atom. The minimum absolute atomic E-state index is 0.0976. The van der Waals surface area contributed by atoms with Crippen molar-refractivity contribution in [1.29, 1.82) is 0 Å². The average Bonchev–Trinajstić information content (AvgIpc) is 3.17. The summed E-state index contributed by atoms with van der Waals surface area (Å²) in [5.41, 5.74) is 5.87. The largest absolute Gasteiger partial charge is 0.411 e. The zero-order valence-corrected chi connectivity index (χ0v) is 16.3. The quantitative estimate of drug-likeness (QED) is 0.641. The summed E-state index contributed by atoms with van der Waals surface area (Å²) in [6.07, 6.45) is 0.907. The zero-order valence-electron chi connectivity index (χ0n) is 15.4. The monoisotopic (exact) mass is 379 g/mol. The fourth-order valence-electron chi connectivity index (χ4n) is 3.18. The molecule has 138 valence electrons. The lowest BCUT2D eigenvalue weighted by atomic mass is 10.00. The molecule has 27 heavy (non-hydrogen) atoms. The number of benzene rings is 2. The summed E-state index contributed by atoms with van der Waals surface area (Å²) in [6, 6.07) is 14.4. The van der Waals surface area contributed by atoms with Crippen LogP contribution in [-0.4, -0.2) is 33.3 Å². The Morgan fingerprint density at radius 3 is 2.74 bits per heavy atom. The van der Waals surface area contributed by atoms with E-state index in [0.29, 0.717) is 23.4 Å². The Labute approximate surface area is 162 Å². The second-order valence-electron chi connectivity index (χ2n) is 6.79. The predicted molar refractivity (Wildman–Crippen MR) is 105 cm³/mol. The second kappa shape index (κ2) is 7.56. The summed E-state index contributed by atoms with van der Waals surface area (Å²) >= 11 is 1.29. The van der Waals surface area contributed by atoms with Gasteiger partial charge in [-0.15, -0.1) is 10.2 Å². The molecule has 1 amide bonds. The van der Waals surface area contributed by atoms with Crippen LogP contribution in [-0.2, 0) is 17.8 Å². The van der Waals surface area contributed by atoms with Crippen molar-refractivity contribution in [3.8, 4) is 11.5 Å². The highest BCUT2D eigenvalue weighted by molar-refractivity contribution is 7.99. The Hall–Kier alpha value is -2.60. The summed E-state index contributed by atoms with van der Waals surface area (Å²) in [4.78, 5) is 14.5. The molecule has 0 saturated heterocycles. The number of carbonyl (C=O) groups excluding carboxylic acids is 1. The van der Waals surface area contributed by atoms with E-state index in [1.54, 1.807) is 0 Å². The Morgan fingerprint density at radius 1 is 1.11 bits per heavy atom. The van der Waals surface area contributed by atoms with Crippen molar-refractivity contribution in [2.75, 3.05) is 12.3 Å². The number of thioether (sulfide) groups is 1. The molecule has 0 fully saturated rings. The third-order valence-electron chi connectivity index (χ3n) is 4.96. The third kappa shape index (κ3) is 3.90. The summed E-state index contributed by atoms with van der Waals surface area (Å²) in [5, 5.41) is 8.61. The van der Waals surface area contributed by atoms with E-state index in [-0.39, 0.29) is 5.91 Å². The lowest BCUT2D eigenvalue weighted by molar-refractivity contribution is -0.129. The van der Waals surface area contributed by atoms with Crippen LogP contribution in [0.25, 0.3) is 11.5 Å². The maximum atomic E-state index is 12.6. The van der Waals surface area contributed by atoms with E-state index < -0.39 is 0 Å². The number of carbonyl (C=O) groups is 1. The molecular weight excluding hydrogens is 358 g/mol. The molecule has 6 heteroatoms. The van der Waals surface area contributed by atoms with E-state index >= 15 is 0 Å². The number of aryl methyl sites for hydroxylation is 2. The number of aromatic nitrogens is 2. The highest BCUT2D eigenvalue weighted by Crippen LogP contribution is 2.26. The standard InChI is InChI=1S/C21H21N3O2S/c1-14-7-8-17(11-15(14)2)20-22-23-21(26-20)27-13-19(25)24-10-9-16-5-3-4-6-18(16)12-24/h3-8,11H,9-10,12-13H2,1-2H3. The van der Waals surface area contributed by atoms with Gasteiger partial charge in [-0.25, -0.2) is 0 Å². The molecule has 2 aromatic carbocycles. The third-order valence-corrected chi connectivity index (χ3v) is 5.77. The lowest BCUT2D eigenvalue weighted by Gasteiger charge is -2.28. The fraction of sp³-hybridized carbons (Fsp3) is 0.286. The topological polar surface area (TPSA) is 59.2 Å². The molecule has 0 N–H and O–H groups in total. The van der Waals surface area contributed by atoms with Crippen LogP contribution in [0.2, 0.25) is 0 Å². The number of rotatable bonds is 4. The van der Waals surface area contributed by atoms with Crippen molar-refractivity contribution in [3.63, 3.8) is 0 Å². The van der Waals surface area contributed by atoms with Crippen molar-refractivity contribution in [1.82, 2.24) is 15.1 Å². The number of fused-ring (bicyclic) bond motifs is 1. The molecule has 0 aliphatic carbocycles. The summed E-state index contributed by atoms with van der Waals surface area (Å²) in [6.45, 7) is 5.56. The van der Waals surface area contributed by atoms with Gasteiger partial charge in [0.15, 0.2) is 0 Å². The van der Waals surface area contributed by atoms with E-state index in [1.807, 2.05) is 29.2 Å². The molecule has 1 aliphatic heterocycles. The van der Waals surface area contributed by atoms with Gasteiger partial charge < -0.3 is 9.32 Å². The normalized spacial score (nSPS) is 13.5. The van der Waals surface area contributed by atoms with Crippen LogP contribution >= 0.6 is 11.8 Å². The van der Waals surface area contributed by atoms with E-state index in [4.69, 9.17) is 4.42 Å². The molecule has 2 heterocycles. The molecular formula is C21H21N3O2S. The van der Waals surface area contributed by atoms with Crippen molar-refractivity contribution in [3.05, 3.63) is 64.7 Å². The van der Waals surface area contributed by atoms with Crippen LogP contribution in [0, 0.1) is 13.8 Å². The van der Waals surface area contributed by atoms with Crippen molar-refractivity contribution in [2.24, 2.45) is 0 Å². The van der Waals surface area contributed by atoms with Gasteiger partial charge in [-0.3, -0.25) is 4.79 Å². The predicted octanol–water partition coefficient (Wildman–Crippen LogP) is 4.03. The summed E-state index contributed by atoms with van der Waals surface area (Å²) in [5.74, 6) is 0.886. The molecule has 5 nitrogen and oxygen atoms in total. The molecule has 1 aromatic heterocycles. The molecule has 0 radical (unpaired) electrons. The number of nitrogens with zero attached hydrogens (tertiary/aromatic N) is 3. The van der Waals surface area contributed by atoms with Gasteiger partial charge >= 0.3 is 0 Å². The lowest BCUT2D eigenvalue weighted by Crippen LogP contribution is -2.37. The van der Waals surface area contributed by atoms with Gasteiger partial charge in [0.25, 0.3) is 5.22 Å². The first-order valence-electron chi connectivity index (χ1n) is 8.98. The van der Waals surface area contributed by atoms with Gasteiger partial charge in [-0.05, 0) is 54.7 Å². The molecule has 0 unspecified atom stereocenters. The summed E-state index contributed by atoms with van der Waals surface area (Å²) in [7, 11) is 0. The molecule has 0 spiro atoms. The first-order chi connectivity index (χ1) is 13.1. The average molecular weight is 379 g/mol. The highest BCUT2D eigenvalue weighted by Gasteiger charge is 2.21. The van der Waals surface area contributed by atoms with Crippen LogP contribution in [0.1, 0.15) is 22.3 Å². The van der Waals surface area contributed by atoms with Crippen LogP contribution in [0.3, 0.4) is 0 Å². The van der Waals surface area contributed by atoms with Gasteiger partial charge in [-0.1, -0.05) is 42.1 Å². The Kier molecular flexibility index (Phi) is 4.99. The molecule has 0 bridgehead atoms. The zero-order chi connectivity index (χ0) is 18.8.